The average Bonchev–Trinajstić information content (AvgIpc) is 2.80. The predicted octanol–water partition coefficient (Wildman–Crippen LogP) is 0.920. The molecule has 0 saturated heterocycles. The van der Waals surface area contributed by atoms with E-state index in [4.69, 9.17) is 5.73 Å². The molecule has 0 aliphatic rings. The van der Waals surface area contributed by atoms with Crippen LogP contribution in [0.15, 0.2) is 35.5 Å². The van der Waals surface area contributed by atoms with Crippen molar-refractivity contribution in [2.24, 2.45) is 0 Å². The van der Waals surface area contributed by atoms with Crippen molar-refractivity contribution in [2.45, 2.75) is 31.3 Å². The van der Waals surface area contributed by atoms with Gasteiger partial charge in [0, 0.05) is 12.2 Å². The summed E-state index contributed by atoms with van der Waals surface area (Å²) in [7, 11) is -3.70. The molecule has 108 valence electrons. The number of aromatic nitrogens is 3. The monoisotopic (exact) mass is 295 g/mol. The highest BCUT2D eigenvalue weighted by molar-refractivity contribution is 7.89. The molecule has 0 amide bonds. The van der Waals surface area contributed by atoms with Crippen LogP contribution in [0.4, 0.5) is 5.82 Å². The summed E-state index contributed by atoms with van der Waals surface area (Å²) in [6.07, 6.45) is 2.87. The van der Waals surface area contributed by atoms with Crippen LogP contribution in [0.2, 0.25) is 0 Å². The Morgan fingerprint density at radius 3 is 2.70 bits per heavy atom. The van der Waals surface area contributed by atoms with Gasteiger partial charge in [-0.1, -0.05) is 6.07 Å². The van der Waals surface area contributed by atoms with Crippen LogP contribution < -0.4 is 10.5 Å². The number of hydrogen-bond donors (Lipinski definition) is 2. The first kappa shape index (κ1) is 14.5. The quantitative estimate of drug-likeness (QED) is 0.853. The summed E-state index contributed by atoms with van der Waals surface area (Å²) in [4.78, 5) is 4.04. The smallest absolute Gasteiger partial charge is 0.246 e. The topological polar surface area (TPSA) is 103 Å². The van der Waals surface area contributed by atoms with Crippen LogP contribution in [0.5, 0.6) is 0 Å². The lowest BCUT2D eigenvalue weighted by molar-refractivity contribution is 0.539. The van der Waals surface area contributed by atoms with Crippen molar-refractivity contribution in [3.8, 4) is 0 Å². The molecular weight excluding hydrogens is 278 g/mol. The van der Waals surface area contributed by atoms with Gasteiger partial charge in [-0.25, -0.2) is 17.8 Å². The van der Waals surface area contributed by atoms with Crippen molar-refractivity contribution in [3.05, 3.63) is 36.3 Å². The molecule has 2 heterocycles. The third kappa shape index (κ3) is 2.97. The van der Waals surface area contributed by atoms with Gasteiger partial charge in [0.25, 0.3) is 0 Å². The van der Waals surface area contributed by atoms with Crippen LogP contribution >= 0.6 is 0 Å². The average molecular weight is 295 g/mol. The van der Waals surface area contributed by atoms with Gasteiger partial charge in [-0.05, 0) is 26.0 Å². The van der Waals surface area contributed by atoms with Crippen molar-refractivity contribution in [1.29, 1.82) is 0 Å². The summed E-state index contributed by atoms with van der Waals surface area (Å²) >= 11 is 0. The van der Waals surface area contributed by atoms with E-state index >= 15 is 0 Å². The molecule has 0 bridgehead atoms. The molecule has 0 fully saturated rings. The summed E-state index contributed by atoms with van der Waals surface area (Å²) in [5, 5.41) is 3.99. The number of nitrogens with two attached hydrogens (primary N) is 1. The zero-order valence-corrected chi connectivity index (χ0v) is 12.1. The lowest BCUT2D eigenvalue weighted by atomic mass is 10.4. The van der Waals surface area contributed by atoms with E-state index in [2.05, 4.69) is 14.8 Å². The van der Waals surface area contributed by atoms with E-state index < -0.39 is 10.0 Å². The highest BCUT2D eigenvalue weighted by atomic mass is 32.2. The minimum atomic E-state index is -3.70. The standard InChI is InChI=1S/C12H17N5O2S/c1-9(2)17-12(13)11(8-15-17)20(18,19)16-7-10-5-3-4-6-14-10/h3-6,8-9,16H,7,13H2,1-2H3. The lowest BCUT2D eigenvalue weighted by Gasteiger charge is -2.09. The first-order chi connectivity index (χ1) is 9.42. The molecule has 2 aromatic rings. The van der Waals surface area contributed by atoms with Gasteiger partial charge in [0.05, 0.1) is 18.4 Å². The Morgan fingerprint density at radius 2 is 2.15 bits per heavy atom. The first-order valence-corrected chi connectivity index (χ1v) is 7.62. The minimum absolute atomic E-state index is 0.00487. The molecule has 2 rings (SSSR count). The molecule has 20 heavy (non-hydrogen) atoms. The molecular formula is C12H17N5O2S. The van der Waals surface area contributed by atoms with E-state index in [1.165, 1.54) is 10.9 Å². The molecule has 0 unspecified atom stereocenters. The third-order valence-electron chi connectivity index (χ3n) is 2.75. The molecule has 0 atom stereocenters. The van der Waals surface area contributed by atoms with Crippen LogP contribution in [-0.4, -0.2) is 23.2 Å². The van der Waals surface area contributed by atoms with Crippen molar-refractivity contribution < 1.29 is 8.42 Å². The van der Waals surface area contributed by atoms with Gasteiger partial charge in [-0.2, -0.15) is 5.10 Å². The fraction of sp³-hybridized carbons (Fsp3) is 0.333. The largest absolute Gasteiger partial charge is 0.383 e. The van der Waals surface area contributed by atoms with Gasteiger partial charge < -0.3 is 5.73 Å². The van der Waals surface area contributed by atoms with Crippen molar-refractivity contribution >= 4 is 15.8 Å². The Bertz CT molecular complexity index is 679. The first-order valence-electron chi connectivity index (χ1n) is 6.14. The van der Waals surface area contributed by atoms with Gasteiger partial charge in [0.1, 0.15) is 10.7 Å². The van der Waals surface area contributed by atoms with Crippen molar-refractivity contribution in [2.75, 3.05) is 5.73 Å². The highest BCUT2D eigenvalue weighted by Gasteiger charge is 2.22. The zero-order valence-electron chi connectivity index (χ0n) is 11.3. The van der Waals surface area contributed by atoms with Crippen molar-refractivity contribution in [1.82, 2.24) is 19.5 Å². The fourth-order valence-electron chi connectivity index (χ4n) is 1.72. The Labute approximate surface area is 117 Å². The van der Waals surface area contributed by atoms with Gasteiger partial charge in [0.15, 0.2) is 0 Å². The molecule has 0 spiro atoms. The number of pyridine rings is 1. The van der Waals surface area contributed by atoms with Crippen molar-refractivity contribution in [3.63, 3.8) is 0 Å². The second-order valence-electron chi connectivity index (χ2n) is 4.58. The number of nitrogens with zero attached hydrogens (tertiary/aromatic N) is 3. The maximum atomic E-state index is 12.2. The fourth-order valence-corrected chi connectivity index (χ4v) is 2.77. The molecule has 2 aromatic heterocycles. The molecule has 7 nitrogen and oxygen atoms in total. The number of nitrogen functional groups attached to an aromatic ring is 1. The van der Waals surface area contributed by atoms with Gasteiger partial charge >= 0.3 is 0 Å². The Hall–Kier alpha value is -1.93. The zero-order chi connectivity index (χ0) is 14.8. The van der Waals surface area contributed by atoms with E-state index in [0.29, 0.717) is 5.69 Å². The Morgan fingerprint density at radius 1 is 1.40 bits per heavy atom. The maximum absolute atomic E-state index is 12.2. The summed E-state index contributed by atoms with van der Waals surface area (Å²) in [6.45, 7) is 3.86. The highest BCUT2D eigenvalue weighted by Crippen LogP contribution is 2.20. The second-order valence-corrected chi connectivity index (χ2v) is 6.31. The summed E-state index contributed by atoms with van der Waals surface area (Å²) < 4.78 is 28.3. The maximum Gasteiger partial charge on any atom is 0.246 e. The van der Waals surface area contributed by atoms with Gasteiger partial charge in [-0.15, -0.1) is 0 Å². The van der Waals surface area contributed by atoms with Crippen LogP contribution in [0.3, 0.4) is 0 Å². The Kier molecular flexibility index (Phi) is 4.05. The molecule has 0 radical (unpaired) electrons. The van der Waals surface area contributed by atoms with Crippen LogP contribution in [0.25, 0.3) is 0 Å². The van der Waals surface area contributed by atoms with E-state index in [0.717, 1.165) is 0 Å². The third-order valence-corrected chi connectivity index (χ3v) is 4.16. The van der Waals surface area contributed by atoms with Crippen LogP contribution in [-0.2, 0) is 16.6 Å². The lowest BCUT2D eigenvalue weighted by Crippen LogP contribution is -2.24. The molecule has 8 heteroatoms. The number of hydrogen-bond acceptors (Lipinski definition) is 5. The summed E-state index contributed by atoms with van der Waals surface area (Å²) in [6, 6.07) is 5.29. The van der Waals surface area contributed by atoms with E-state index in [-0.39, 0.29) is 23.3 Å². The molecule has 0 aromatic carbocycles. The number of sulfonamides is 1. The Balaban J connectivity index is 2.19. The number of nitrogens with one attached hydrogen (secondary N) is 1. The number of rotatable bonds is 5. The summed E-state index contributed by atoms with van der Waals surface area (Å²) in [5.41, 5.74) is 6.46. The van der Waals surface area contributed by atoms with E-state index in [1.807, 2.05) is 13.8 Å². The minimum Gasteiger partial charge on any atom is -0.383 e. The van der Waals surface area contributed by atoms with Crippen LogP contribution in [0, 0.1) is 0 Å². The van der Waals surface area contributed by atoms with E-state index in [1.54, 1.807) is 24.4 Å². The molecule has 0 saturated carbocycles. The predicted molar refractivity (Wildman–Crippen MR) is 75.3 cm³/mol. The molecule has 0 aliphatic heterocycles. The molecule has 3 N–H and O–H groups in total. The SMILES string of the molecule is CC(C)n1ncc(S(=O)(=O)NCc2ccccn2)c1N. The van der Waals surface area contributed by atoms with Gasteiger partial charge in [-0.3, -0.25) is 4.98 Å². The second kappa shape index (κ2) is 5.59. The van der Waals surface area contributed by atoms with Crippen LogP contribution in [0.1, 0.15) is 25.6 Å². The normalized spacial score (nSPS) is 11.9. The molecule has 0 aliphatic carbocycles. The van der Waals surface area contributed by atoms with Gasteiger partial charge in [0.2, 0.25) is 10.0 Å². The summed E-state index contributed by atoms with van der Waals surface area (Å²) in [5.74, 6) is 0.133. The number of anilines is 1. The van der Waals surface area contributed by atoms with E-state index in [9.17, 15) is 8.42 Å².